The van der Waals surface area contributed by atoms with E-state index in [4.69, 9.17) is 11.6 Å². The van der Waals surface area contributed by atoms with Crippen LogP contribution in [0, 0.1) is 6.92 Å². The van der Waals surface area contributed by atoms with Gasteiger partial charge in [-0.3, -0.25) is 9.10 Å². The third-order valence-electron chi connectivity index (χ3n) is 4.98. The molecule has 3 rings (SSSR count). The first-order valence-corrected chi connectivity index (χ1v) is 12.0. The van der Waals surface area contributed by atoms with Crippen LogP contribution >= 0.6 is 11.6 Å². The molecule has 8 heteroatoms. The van der Waals surface area contributed by atoms with Crippen molar-refractivity contribution in [3.63, 3.8) is 0 Å². The minimum atomic E-state index is -3.96. The maximum atomic E-state index is 13.3. The molecule has 0 aliphatic carbocycles. The Morgan fingerprint density at radius 3 is 2.16 bits per heavy atom. The van der Waals surface area contributed by atoms with Crippen LogP contribution in [-0.4, -0.2) is 41.0 Å². The third kappa shape index (κ3) is 6.02. The molecule has 0 radical (unpaired) electrons. The second kappa shape index (κ2) is 10.5. The van der Waals surface area contributed by atoms with E-state index in [0.29, 0.717) is 23.8 Å². The largest absolute Gasteiger partial charge is 0.373 e. The fourth-order valence-electron chi connectivity index (χ4n) is 3.12. The van der Waals surface area contributed by atoms with Gasteiger partial charge in [0, 0.05) is 30.8 Å². The van der Waals surface area contributed by atoms with Gasteiger partial charge in [-0.15, -0.1) is 0 Å². The highest BCUT2D eigenvalue weighted by Crippen LogP contribution is 2.25. The number of hydrogen-bond donors (Lipinski definition) is 1. The molecule has 0 bridgehead atoms. The van der Waals surface area contributed by atoms with Crippen LogP contribution in [0.15, 0.2) is 83.8 Å². The summed E-state index contributed by atoms with van der Waals surface area (Å²) in [7, 11) is -2.02. The summed E-state index contributed by atoms with van der Waals surface area (Å²) in [6.07, 6.45) is 0. The molecule has 168 valence electrons. The summed E-state index contributed by atoms with van der Waals surface area (Å²) in [5.74, 6) is -0.385. The van der Waals surface area contributed by atoms with E-state index in [1.54, 1.807) is 12.1 Å². The van der Waals surface area contributed by atoms with Crippen molar-refractivity contribution >= 4 is 38.9 Å². The van der Waals surface area contributed by atoms with Crippen molar-refractivity contribution in [1.29, 1.82) is 0 Å². The number of amides is 1. The minimum Gasteiger partial charge on any atom is -0.373 e. The Bertz CT molecular complexity index is 1140. The molecular formula is C24H26ClN3O3S. The van der Waals surface area contributed by atoms with Crippen molar-refractivity contribution in [1.82, 2.24) is 5.32 Å². The highest BCUT2D eigenvalue weighted by molar-refractivity contribution is 7.92. The first kappa shape index (κ1) is 23.6. The standard InChI is InChI=1S/C24H26ClN3O3S/c1-19-8-12-22(13-9-19)28(32(30,31)23-14-10-20(25)11-15-23)18-24(29)26-16-17-27(2)21-6-4-3-5-7-21/h3-15H,16-18H2,1-2H3,(H,26,29). The predicted molar refractivity (Wildman–Crippen MR) is 130 cm³/mol. The molecule has 3 aromatic rings. The summed E-state index contributed by atoms with van der Waals surface area (Å²) in [4.78, 5) is 14.8. The summed E-state index contributed by atoms with van der Waals surface area (Å²) in [5, 5.41) is 3.26. The molecule has 0 aliphatic rings. The zero-order valence-corrected chi connectivity index (χ0v) is 19.6. The van der Waals surface area contributed by atoms with E-state index in [1.165, 1.54) is 24.3 Å². The normalized spacial score (nSPS) is 11.1. The number of nitrogens with zero attached hydrogens (tertiary/aromatic N) is 2. The molecule has 0 saturated carbocycles. The summed E-state index contributed by atoms with van der Waals surface area (Å²) in [6, 6.07) is 22.7. The molecule has 0 aliphatic heterocycles. The van der Waals surface area contributed by atoms with Crippen LogP contribution in [-0.2, 0) is 14.8 Å². The summed E-state index contributed by atoms with van der Waals surface area (Å²) in [5.41, 5.74) is 2.45. The number of nitrogens with one attached hydrogen (secondary N) is 1. The molecule has 0 saturated heterocycles. The Kier molecular flexibility index (Phi) is 7.77. The lowest BCUT2D eigenvalue weighted by Crippen LogP contribution is -2.42. The van der Waals surface area contributed by atoms with Crippen molar-refractivity contribution < 1.29 is 13.2 Å². The molecule has 0 unspecified atom stereocenters. The lowest BCUT2D eigenvalue weighted by molar-refractivity contribution is -0.119. The van der Waals surface area contributed by atoms with Crippen LogP contribution in [0.5, 0.6) is 0 Å². The second-order valence-corrected chi connectivity index (χ2v) is 9.71. The summed E-state index contributed by atoms with van der Waals surface area (Å²) < 4.78 is 27.8. The Balaban J connectivity index is 1.73. The van der Waals surface area contributed by atoms with Crippen LogP contribution in [0.3, 0.4) is 0 Å². The smallest absolute Gasteiger partial charge is 0.264 e. The topological polar surface area (TPSA) is 69.7 Å². The van der Waals surface area contributed by atoms with E-state index in [1.807, 2.05) is 61.3 Å². The van der Waals surface area contributed by atoms with Gasteiger partial charge in [0.2, 0.25) is 5.91 Å². The molecule has 1 N–H and O–H groups in total. The number of likely N-dealkylation sites (N-methyl/N-ethyl adjacent to an activating group) is 1. The van der Waals surface area contributed by atoms with Crippen LogP contribution in [0.25, 0.3) is 0 Å². The zero-order valence-electron chi connectivity index (χ0n) is 18.0. The molecule has 0 aromatic heterocycles. The van der Waals surface area contributed by atoms with Crippen molar-refractivity contribution in [3.8, 4) is 0 Å². The van der Waals surface area contributed by atoms with E-state index in [9.17, 15) is 13.2 Å². The maximum Gasteiger partial charge on any atom is 0.264 e. The van der Waals surface area contributed by atoms with Crippen LogP contribution < -0.4 is 14.5 Å². The third-order valence-corrected chi connectivity index (χ3v) is 7.02. The molecular weight excluding hydrogens is 446 g/mol. The van der Waals surface area contributed by atoms with Crippen molar-refractivity contribution in [3.05, 3.63) is 89.4 Å². The lowest BCUT2D eigenvalue weighted by atomic mass is 10.2. The van der Waals surface area contributed by atoms with E-state index in [2.05, 4.69) is 5.32 Å². The van der Waals surface area contributed by atoms with Gasteiger partial charge in [0.15, 0.2) is 0 Å². The Labute approximate surface area is 194 Å². The van der Waals surface area contributed by atoms with Gasteiger partial charge in [-0.1, -0.05) is 47.5 Å². The van der Waals surface area contributed by atoms with Gasteiger partial charge in [0.1, 0.15) is 6.54 Å². The number of halogens is 1. The van der Waals surface area contributed by atoms with Crippen molar-refractivity contribution in [2.24, 2.45) is 0 Å². The number of anilines is 2. The first-order valence-electron chi connectivity index (χ1n) is 10.2. The number of carbonyl (C=O) groups excluding carboxylic acids is 1. The van der Waals surface area contributed by atoms with Crippen LogP contribution in [0.1, 0.15) is 5.56 Å². The fraction of sp³-hybridized carbons (Fsp3) is 0.208. The number of benzene rings is 3. The van der Waals surface area contributed by atoms with Crippen LogP contribution in [0.2, 0.25) is 5.02 Å². The zero-order chi connectivity index (χ0) is 23.1. The Morgan fingerprint density at radius 2 is 1.53 bits per heavy atom. The molecule has 6 nitrogen and oxygen atoms in total. The Hall–Kier alpha value is -3.03. The van der Waals surface area contributed by atoms with Gasteiger partial charge in [0.05, 0.1) is 10.6 Å². The average Bonchev–Trinajstić information content (AvgIpc) is 2.79. The summed E-state index contributed by atoms with van der Waals surface area (Å²) in [6.45, 7) is 2.55. The van der Waals surface area contributed by atoms with Crippen molar-refractivity contribution in [2.45, 2.75) is 11.8 Å². The molecule has 0 fully saturated rings. The molecule has 0 atom stereocenters. The minimum absolute atomic E-state index is 0.0686. The molecule has 1 amide bonds. The second-order valence-electron chi connectivity index (χ2n) is 7.41. The van der Waals surface area contributed by atoms with E-state index in [-0.39, 0.29) is 17.3 Å². The van der Waals surface area contributed by atoms with Crippen LogP contribution in [0.4, 0.5) is 11.4 Å². The lowest BCUT2D eigenvalue weighted by Gasteiger charge is -2.25. The SMILES string of the molecule is Cc1ccc(N(CC(=O)NCCN(C)c2ccccc2)S(=O)(=O)c2ccc(Cl)cc2)cc1. The summed E-state index contributed by atoms with van der Waals surface area (Å²) >= 11 is 5.91. The number of carbonyl (C=O) groups is 1. The number of sulfonamides is 1. The van der Waals surface area contributed by atoms with Gasteiger partial charge in [0.25, 0.3) is 10.0 Å². The van der Waals surface area contributed by atoms with Gasteiger partial charge in [-0.05, 0) is 55.5 Å². The number of aryl methyl sites for hydroxylation is 1. The van der Waals surface area contributed by atoms with E-state index >= 15 is 0 Å². The van der Waals surface area contributed by atoms with Crippen molar-refractivity contribution in [2.75, 3.05) is 35.9 Å². The predicted octanol–water partition coefficient (Wildman–Crippen LogP) is 4.10. The number of hydrogen-bond acceptors (Lipinski definition) is 4. The number of rotatable bonds is 9. The van der Waals surface area contributed by atoms with Gasteiger partial charge < -0.3 is 10.2 Å². The first-order chi connectivity index (χ1) is 15.3. The van der Waals surface area contributed by atoms with Gasteiger partial charge in [-0.25, -0.2) is 8.42 Å². The van der Waals surface area contributed by atoms with E-state index < -0.39 is 10.0 Å². The highest BCUT2D eigenvalue weighted by Gasteiger charge is 2.27. The molecule has 0 heterocycles. The quantitative estimate of drug-likeness (QED) is 0.510. The molecule has 3 aromatic carbocycles. The van der Waals surface area contributed by atoms with Gasteiger partial charge >= 0.3 is 0 Å². The average molecular weight is 472 g/mol. The number of para-hydroxylation sites is 1. The maximum absolute atomic E-state index is 13.3. The Morgan fingerprint density at radius 1 is 0.906 bits per heavy atom. The molecule has 32 heavy (non-hydrogen) atoms. The highest BCUT2D eigenvalue weighted by atomic mass is 35.5. The van der Waals surface area contributed by atoms with Gasteiger partial charge in [-0.2, -0.15) is 0 Å². The fourth-order valence-corrected chi connectivity index (χ4v) is 4.67. The van der Waals surface area contributed by atoms with E-state index in [0.717, 1.165) is 15.6 Å². The monoisotopic (exact) mass is 471 g/mol. The molecule has 0 spiro atoms.